The summed E-state index contributed by atoms with van der Waals surface area (Å²) >= 11 is 2.98. The fourth-order valence-corrected chi connectivity index (χ4v) is 1.68. The summed E-state index contributed by atoms with van der Waals surface area (Å²) < 4.78 is 50.1. The first-order chi connectivity index (χ1) is 9.11. The van der Waals surface area contributed by atoms with Crippen LogP contribution >= 0.6 is 15.9 Å². The van der Waals surface area contributed by atoms with Gasteiger partial charge in [-0.3, -0.25) is 4.79 Å². The van der Waals surface area contributed by atoms with E-state index in [0.717, 1.165) is 6.07 Å². The zero-order valence-corrected chi connectivity index (χ0v) is 11.3. The van der Waals surface area contributed by atoms with Gasteiger partial charge in [0.1, 0.15) is 11.9 Å². The molecule has 0 aliphatic carbocycles. The van der Waals surface area contributed by atoms with E-state index in [1.54, 1.807) is 0 Å². The molecule has 9 heteroatoms. The maximum Gasteiger partial charge on any atom is 0.471 e. The number of benzene rings is 1. The largest absolute Gasteiger partial charge is 0.480 e. The topological polar surface area (TPSA) is 66.4 Å². The summed E-state index contributed by atoms with van der Waals surface area (Å²) in [5.74, 6) is -4.86. The van der Waals surface area contributed by atoms with Gasteiger partial charge in [-0.1, -0.05) is 22.0 Å². The van der Waals surface area contributed by atoms with Crippen LogP contribution in [0.2, 0.25) is 0 Å². The summed E-state index contributed by atoms with van der Waals surface area (Å²) in [6, 6.07) is 1.79. The summed E-state index contributed by atoms with van der Waals surface area (Å²) in [4.78, 5) is 21.5. The van der Waals surface area contributed by atoms with Crippen LogP contribution < -0.4 is 5.32 Å². The van der Waals surface area contributed by atoms with Gasteiger partial charge in [-0.05, 0) is 17.7 Å². The molecular weight excluding hydrogens is 350 g/mol. The minimum atomic E-state index is -5.20. The second-order valence-electron chi connectivity index (χ2n) is 3.80. The number of amides is 1. The number of alkyl halides is 3. The van der Waals surface area contributed by atoms with Crippen LogP contribution in [0.4, 0.5) is 17.6 Å². The number of aliphatic carboxylic acids is 1. The van der Waals surface area contributed by atoms with E-state index in [-0.39, 0.29) is 5.56 Å². The smallest absolute Gasteiger partial charge is 0.471 e. The van der Waals surface area contributed by atoms with Crippen LogP contribution in [0.3, 0.4) is 0 Å². The van der Waals surface area contributed by atoms with Gasteiger partial charge in [-0.15, -0.1) is 0 Å². The third-order valence-electron chi connectivity index (χ3n) is 2.30. The van der Waals surface area contributed by atoms with E-state index in [9.17, 15) is 27.2 Å². The Hall–Kier alpha value is -1.64. The molecule has 1 rings (SSSR count). The Balaban J connectivity index is 2.88. The molecule has 0 saturated heterocycles. The van der Waals surface area contributed by atoms with E-state index in [1.165, 1.54) is 17.4 Å². The van der Waals surface area contributed by atoms with Crippen molar-refractivity contribution in [2.24, 2.45) is 0 Å². The average Bonchev–Trinajstić information content (AvgIpc) is 2.29. The number of nitrogens with one attached hydrogen (secondary N) is 1. The molecule has 1 atom stereocenters. The van der Waals surface area contributed by atoms with Crippen LogP contribution in [0.1, 0.15) is 5.56 Å². The Labute approximate surface area is 118 Å². The Morgan fingerprint density at radius 2 is 1.95 bits per heavy atom. The van der Waals surface area contributed by atoms with Crippen LogP contribution in [0.15, 0.2) is 22.7 Å². The monoisotopic (exact) mass is 357 g/mol. The van der Waals surface area contributed by atoms with Crippen molar-refractivity contribution in [3.63, 3.8) is 0 Å². The van der Waals surface area contributed by atoms with Crippen molar-refractivity contribution in [2.45, 2.75) is 18.6 Å². The highest BCUT2D eigenvalue weighted by Gasteiger charge is 2.40. The van der Waals surface area contributed by atoms with Crippen molar-refractivity contribution in [2.75, 3.05) is 0 Å². The molecule has 110 valence electrons. The van der Waals surface area contributed by atoms with E-state index in [4.69, 9.17) is 5.11 Å². The molecule has 0 heterocycles. The molecule has 1 aromatic rings. The fraction of sp³-hybridized carbons (Fsp3) is 0.273. The normalized spacial score (nSPS) is 12.8. The van der Waals surface area contributed by atoms with Gasteiger partial charge in [0, 0.05) is 10.9 Å². The highest BCUT2D eigenvalue weighted by Crippen LogP contribution is 2.18. The van der Waals surface area contributed by atoms with E-state index < -0.39 is 36.3 Å². The molecule has 0 bridgehead atoms. The summed E-state index contributed by atoms with van der Waals surface area (Å²) in [6.07, 6.45) is -5.80. The van der Waals surface area contributed by atoms with Crippen LogP contribution in [0.5, 0.6) is 0 Å². The molecule has 0 aliphatic rings. The first-order valence-electron chi connectivity index (χ1n) is 5.15. The number of hydrogen-bond acceptors (Lipinski definition) is 2. The quantitative estimate of drug-likeness (QED) is 0.812. The van der Waals surface area contributed by atoms with Crippen molar-refractivity contribution in [3.8, 4) is 0 Å². The van der Waals surface area contributed by atoms with Crippen LogP contribution in [0.25, 0.3) is 0 Å². The number of carboxylic acid groups (broad SMARTS) is 1. The molecular formula is C11H8BrF4NO3. The predicted octanol–water partition coefficient (Wildman–Crippen LogP) is 2.26. The zero-order valence-electron chi connectivity index (χ0n) is 9.67. The van der Waals surface area contributed by atoms with Crippen molar-refractivity contribution < 1.29 is 32.3 Å². The van der Waals surface area contributed by atoms with E-state index in [2.05, 4.69) is 15.9 Å². The van der Waals surface area contributed by atoms with Crippen molar-refractivity contribution in [1.82, 2.24) is 5.32 Å². The van der Waals surface area contributed by atoms with Crippen molar-refractivity contribution in [3.05, 3.63) is 34.1 Å². The zero-order chi connectivity index (χ0) is 15.5. The number of halogens is 5. The molecule has 4 nitrogen and oxygen atoms in total. The molecule has 0 radical (unpaired) electrons. The Morgan fingerprint density at radius 3 is 2.40 bits per heavy atom. The molecule has 1 amide bonds. The van der Waals surface area contributed by atoms with Gasteiger partial charge >= 0.3 is 18.1 Å². The third-order valence-corrected chi connectivity index (χ3v) is 2.79. The van der Waals surface area contributed by atoms with Gasteiger partial charge in [0.25, 0.3) is 0 Å². The van der Waals surface area contributed by atoms with Gasteiger partial charge < -0.3 is 10.4 Å². The second-order valence-corrected chi connectivity index (χ2v) is 4.72. The molecule has 1 aromatic carbocycles. The van der Waals surface area contributed by atoms with Gasteiger partial charge in [0.2, 0.25) is 0 Å². The maximum atomic E-state index is 13.5. The number of carbonyl (C=O) groups excluding carboxylic acids is 1. The maximum absolute atomic E-state index is 13.5. The highest BCUT2D eigenvalue weighted by atomic mass is 79.9. The SMILES string of the molecule is O=C(O)[C@H](Cc1ccc(Br)cc1F)NC(=O)C(F)(F)F. The third kappa shape index (κ3) is 4.48. The number of carboxylic acids is 1. The molecule has 2 N–H and O–H groups in total. The Bertz CT molecular complexity index is 533. The van der Waals surface area contributed by atoms with Crippen molar-refractivity contribution >= 4 is 27.8 Å². The van der Waals surface area contributed by atoms with E-state index >= 15 is 0 Å². The lowest BCUT2D eigenvalue weighted by Crippen LogP contribution is -2.48. The molecule has 0 saturated carbocycles. The number of carbonyl (C=O) groups is 2. The first kappa shape index (κ1) is 16.4. The van der Waals surface area contributed by atoms with E-state index in [0.29, 0.717) is 4.47 Å². The van der Waals surface area contributed by atoms with Gasteiger partial charge in [-0.25, -0.2) is 9.18 Å². The van der Waals surface area contributed by atoms with Crippen LogP contribution in [-0.2, 0) is 16.0 Å². The van der Waals surface area contributed by atoms with Crippen molar-refractivity contribution in [1.29, 1.82) is 0 Å². The molecule has 0 fully saturated rings. The van der Waals surface area contributed by atoms with Gasteiger partial charge in [0.05, 0.1) is 0 Å². The molecule has 0 spiro atoms. The van der Waals surface area contributed by atoms with Gasteiger partial charge in [0.15, 0.2) is 0 Å². The van der Waals surface area contributed by atoms with Crippen LogP contribution in [-0.4, -0.2) is 29.2 Å². The highest BCUT2D eigenvalue weighted by molar-refractivity contribution is 9.10. The van der Waals surface area contributed by atoms with Gasteiger partial charge in [-0.2, -0.15) is 13.2 Å². The summed E-state index contributed by atoms with van der Waals surface area (Å²) in [5, 5.41) is 10.1. The Morgan fingerprint density at radius 1 is 1.35 bits per heavy atom. The summed E-state index contributed by atoms with van der Waals surface area (Å²) in [5.41, 5.74) is -0.122. The van der Waals surface area contributed by atoms with Crippen LogP contribution in [0, 0.1) is 5.82 Å². The molecule has 0 aliphatic heterocycles. The number of hydrogen-bond donors (Lipinski definition) is 2. The lowest BCUT2D eigenvalue weighted by atomic mass is 10.1. The predicted molar refractivity (Wildman–Crippen MR) is 63.4 cm³/mol. The fourth-order valence-electron chi connectivity index (χ4n) is 1.35. The second kappa shape index (κ2) is 6.21. The average molecular weight is 358 g/mol. The lowest BCUT2D eigenvalue weighted by Gasteiger charge is -2.16. The summed E-state index contributed by atoms with van der Waals surface area (Å²) in [6.45, 7) is 0. The Kier molecular flexibility index (Phi) is 5.09. The lowest BCUT2D eigenvalue weighted by molar-refractivity contribution is -0.175. The molecule has 0 aromatic heterocycles. The molecule has 20 heavy (non-hydrogen) atoms. The summed E-state index contributed by atoms with van der Waals surface area (Å²) in [7, 11) is 0. The minimum Gasteiger partial charge on any atom is -0.480 e. The standard InChI is InChI=1S/C11H8BrF4NO3/c12-6-2-1-5(7(13)4-6)3-8(9(18)19)17-10(20)11(14,15)16/h1-2,4,8H,3H2,(H,17,20)(H,18,19)/t8-/m0/s1. The first-order valence-corrected chi connectivity index (χ1v) is 5.95. The van der Waals surface area contributed by atoms with E-state index in [1.807, 2.05) is 0 Å². The minimum absolute atomic E-state index is 0.122. The molecule has 0 unspecified atom stereocenters. The number of rotatable bonds is 4.